The Morgan fingerprint density at radius 1 is 0.938 bits per heavy atom. The molecule has 32 heavy (non-hydrogen) atoms. The molecule has 0 aliphatic carbocycles. The van der Waals surface area contributed by atoms with Crippen LogP contribution in [0.3, 0.4) is 0 Å². The Labute approximate surface area is 187 Å². The fourth-order valence-corrected chi connectivity index (χ4v) is 3.62. The van der Waals surface area contributed by atoms with Crippen molar-refractivity contribution in [3.8, 4) is 11.1 Å². The number of thiazole rings is 1. The number of anilines is 1. The maximum atomic E-state index is 12.3. The van der Waals surface area contributed by atoms with E-state index in [0.717, 1.165) is 11.1 Å². The first-order valence-electron chi connectivity index (χ1n) is 9.72. The maximum absolute atomic E-state index is 12.3. The second kappa shape index (κ2) is 9.84. The summed E-state index contributed by atoms with van der Waals surface area (Å²) < 4.78 is 10.1. The van der Waals surface area contributed by atoms with Crippen LogP contribution >= 0.6 is 11.3 Å². The number of Topliss-reactive ketones (excluding diaryl/α,β-unsaturated/α-hetero) is 1. The zero-order valence-electron chi connectivity index (χ0n) is 16.8. The van der Waals surface area contributed by atoms with Crippen LogP contribution in [0.2, 0.25) is 0 Å². The van der Waals surface area contributed by atoms with Gasteiger partial charge in [-0.25, -0.2) is 4.98 Å². The molecule has 0 atom stereocenters. The number of hydrogen-bond acceptors (Lipinski definition) is 7. The van der Waals surface area contributed by atoms with Gasteiger partial charge in [0.1, 0.15) is 0 Å². The molecule has 0 saturated carbocycles. The van der Waals surface area contributed by atoms with Gasteiger partial charge in [-0.2, -0.15) is 0 Å². The number of esters is 1. The van der Waals surface area contributed by atoms with Gasteiger partial charge in [0.25, 0.3) is 5.91 Å². The van der Waals surface area contributed by atoms with Crippen LogP contribution in [0, 0.1) is 0 Å². The summed E-state index contributed by atoms with van der Waals surface area (Å²) >= 11 is 1.18. The molecule has 0 aliphatic heterocycles. The molecule has 1 N–H and O–H groups in total. The molecule has 2 aromatic carbocycles. The Bertz CT molecular complexity index is 1220. The fourth-order valence-electron chi connectivity index (χ4n) is 2.92. The van der Waals surface area contributed by atoms with Gasteiger partial charge in [-0.3, -0.25) is 19.7 Å². The Balaban J connectivity index is 1.26. The van der Waals surface area contributed by atoms with Crippen LogP contribution in [0.5, 0.6) is 0 Å². The Hall–Kier alpha value is -4.04. The summed E-state index contributed by atoms with van der Waals surface area (Å²) in [6, 6.07) is 20.1. The first kappa shape index (κ1) is 21.2. The number of carbonyl (C=O) groups is 3. The van der Waals surface area contributed by atoms with Crippen LogP contribution in [0.15, 0.2) is 82.8 Å². The molecule has 8 heteroatoms. The quantitative estimate of drug-likeness (QED) is 0.313. The summed E-state index contributed by atoms with van der Waals surface area (Å²) in [6.07, 6.45) is 1.30. The van der Waals surface area contributed by atoms with E-state index in [4.69, 9.17) is 9.15 Å². The first-order chi connectivity index (χ1) is 15.6. The van der Waals surface area contributed by atoms with Crippen molar-refractivity contribution >= 4 is 34.1 Å². The Kier molecular flexibility index (Phi) is 6.52. The lowest BCUT2D eigenvalue weighted by molar-refractivity contribution is -0.141. The van der Waals surface area contributed by atoms with E-state index in [9.17, 15) is 14.4 Å². The van der Waals surface area contributed by atoms with E-state index in [1.54, 1.807) is 23.6 Å². The van der Waals surface area contributed by atoms with Gasteiger partial charge >= 0.3 is 5.97 Å². The van der Waals surface area contributed by atoms with Crippen LogP contribution < -0.4 is 5.32 Å². The van der Waals surface area contributed by atoms with E-state index in [2.05, 4.69) is 10.3 Å². The number of ketones is 1. The van der Waals surface area contributed by atoms with E-state index in [-0.39, 0.29) is 24.6 Å². The van der Waals surface area contributed by atoms with Gasteiger partial charge in [0, 0.05) is 10.9 Å². The predicted octanol–water partition coefficient (Wildman–Crippen LogP) is 4.62. The number of rotatable bonds is 8. The molecule has 0 radical (unpaired) electrons. The molecule has 2 aromatic heterocycles. The van der Waals surface area contributed by atoms with Crippen molar-refractivity contribution in [3.05, 3.63) is 95.4 Å². The van der Waals surface area contributed by atoms with Crippen molar-refractivity contribution in [1.29, 1.82) is 0 Å². The fraction of sp³-hybridized carbons (Fsp3) is 0.0833. The summed E-state index contributed by atoms with van der Waals surface area (Å²) in [6.45, 7) is -0.351. The third kappa shape index (κ3) is 5.35. The maximum Gasteiger partial charge on any atom is 0.312 e. The van der Waals surface area contributed by atoms with Crippen LogP contribution in [0.1, 0.15) is 26.6 Å². The molecule has 7 nitrogen and oxygen atoms in total. The molecule has 4 aromatic rings. The Morgan fingerprint density at radius 2 is 1.69 bits per heavy atom. The highest BCUT2D eigenvalue weighted by atomic mass is 32.1. The highest BCUT2D eigenvalue weighted by Gasteiger charge is 2.15. The summed E-state index contributed by atoms with van der Waals surface area (Å²) in [5.74, 6) is -1.13. The number of hydrogen-bond donors (Lipinski definition) is 1. The molecule has 1 amide bonds. The number of carbonyl (C=O) groups excluding carboxylic acids is 3. The highest BCUT2D eigenvalue weighted by molar-refractivity contribution is 7.14. The number of amides is 1. The number of furan rings is 1. The number of benzene rings is 2. The second-order valence-electron chi connectivity index (χ2n) is 6.78. The molecular weight excluding hydrogens is 428 g/mol. The third-order valence-corrected chi connectivity index (χ3v) is 5.33. The average Bonchev–Trinajstić information content (AvgIpc) is 3.51. The van der Waals surface area contributed by atoms with Crippen LogP contribution in [-0.2, 0) is 16.0 Å². The van der Waals surface area contributed by atoms with Gasteiger partial charge in [-0.05, 0) is 23.3 Å². The second-order valence-corrected chi connectivity index (χ2v) is 7.64. The largest absolute Gasteiger partial charge is 0.459 e. The van der Waals surface area contributed by atoms with Crippen molar-refractivity contribution < 1.29 is 23.5 Å². The zero-order valence-corrected chi connectivity index (χ0v) is 17.6. The van der Waals surface area contributed by atoms with Crippen molar-refractivity contribution in [2.24, 2.45) is 0 Å². The first-order valence-corrected chi connectivity index (χ1v) is 10.6. The molecule has 0 unspecified atom stereocenters. The van der Waals surface area contributed by atoms with Crippen LogP contribution in [-0.4, -0.2) is 29.3 Å². The lowest BCUT2D eigenvalue weighted by Crippen LogP contribution is -2.16. The molecular formula is C24H18N2O5S. The zero-order chi connectivity index (χ0) is 22.3. The van der Waals surface area contributed by atoms with Crippen molar-refractivity contribution in [3.63, 3.8) is 0 Å². The molecule has 2 heterocycles. The number of ether oxygens (including phenoxy) is 1. The summed E-state index contributed by atoms with van der Waals surface area (Å²) in [7, 11) is 0. The molecule has 0 aliphatic rings. The minimum atomic E-state index is -0.575. The molecule has 4 rings (SSSR count). The van der Waals surface area contributed by atoms with E-state index >= 15 is 0 Å². The lowest BCUT2D eigenvalue weighted by Gasteiger charge is -2.05. The van der Waals surface area contributed by atoms with Gasteiger partial charge < -0.3 is 9.15 Å². The highest BCUT2D eigenvalue weighted by Crippen LogP contribution is 2.20. The van der Waals surface area contributed by atoms with Crippen LogP contribution in [0.25, 0.3) is 11.1 Å². The van der Waals surface area contributed by atoms with E-state index in [1.807, 2.05) is 42.5 Å². The minimum absolute atomic E-state index is 0.104. The summed E-state index contributed by atoms with van der Waals surface area (Å²) in [5.41, 5.74) is 2.96. The molecule has 0 spiro atoms. The SMILES string of the molecule is O=C(Cc1csc(NC(=O)c2ccco2)n1)OCC(=O)c1ccc(-c2ccccc2)cc1. The minimum Gasteiger partial charge on any atom is -0.459 e. The van der Waals surface area contributed by atoms with Crippen molar-refractivity contribution in [2.75, 3.05) is 11.9 Å². The normalized spacial score (nSPS) is 10.5. The molecule has 0 saturated heterocycles. The topological polar surface area (TPSA) is 98.5 Å². The van der Waals surface area contributed by atoms with Gasteiger partial charge in [0.05, 0.1) is 18.4 Å². The lowest BCUT2D eigenvalue weighted by atomic mass is 10.0. The summed E-state index contributed by atoms with van der Waals surface area (Å²) in [4.78, 5) is 40.6. The van der Waals surface area contributed by atoms with E-state index < -0.39 is 11.9 Å². The molecule has 0 bridgehead atoms. The predicted molar refractivity (Wildman–Crippen MR) is 120 cm³/mol. The number of nitrogens with one attached hydrogen (secondary N) is 1. The summed E-state index contributed by atoms with van der Waals surface area (Å²) in [5, 5.41) is 4.57. The van der Waals surface area contributed by atoms with Gasteiger partial charge in [-0.1, -0.05) is 54.6 Å². The average molecular weight is 446 g/mol. The van der Waals surface area contributed by atoms with Gasteiger partial charge in [0.15, 0.2) is 23.3 Å². The smallest absolute Gasteiger partial charge is 0.312 e. The standard InChI is InChI=1S/C24H18N2O5S/c27-20(18-10-8-17(9-11-18)16-5-2-1-3-6-16)14-31-22(28)13-19-15-32-24(25-19)26-23(29)21-7-4-12-30-21/h1-12,15H,13-14H2,(H,25,26,29). The third-order valence-electron chi connectivity index (χ3n) is 4.52. The number of nitrogens with zero attached hydrogens (tertiary/aromatic N) is 1. The van der Waals surface area contributed by atoms with Gasteiger partial charge in [-0.15, -0.1) is 11.3 Å². The monoisotopic (exact) mass is 446 g/mol. The molecule has 160 valence electrons. The molecule has 0 fully saturated rings. The van der Waals surface area contributed by atoms with Gasteiger partial charge in [0.2, 0.25) is 0 Å². The Morgan fingerprint density at radius 3 is 2.41 bits per heavy atom. The number of aromatic nitrogens is 1. The van der Waals surface area contributed by atoms with Crippen molar-refractivity contribution in [1.82, 2.24) is 4.98 Å². The van der Waals surface area contributed by atoms with Crippen LogP contribution in [0.4, 0.5) is 5.13 Å². The van der Waals surface area contributed by atoms with Crippen molar-refractivity contribution in [2.45, 2.75) is 6.42 Å². The van der Waals surface area contributed by atoms with E-state index in [0.29, 0.717) is 16.4 Å². The van der Waals surface area contributed by atoms with E-state index in [1.165, 1.54) is 23.7 Å².